The van der Waals surface area contributed by atoms with Gasteiger partial charge >= 0.3 is 11.7 Å². The van der Waals surface area contributed by atoms with Gasteiger partial charge in [-0.15, -0.1) is 0 Å². The lowest BCUT2D eigenvalue weighted by Crippen LogP contribution is -2.06. The maximum atomic E-state index is 11.0. The molecule has 108 valence electrons. The Hall–Kier alpha value is -2.48. The number of hydrogen-bond donors (Lipinski definition) is 2. The number of hydrogen-bond acceptors (Lipinski definition) is 5. The molecule has 8 heteroatoms. The van der Waals surface area contributed by atoms with E-state index in [4.69, 9.17) is 5.11 Å². The molecule has 0 radical (unpaired) electrons. The van der Waals surface area contributed by atoms with Crippen molar-refractivity contribution in [3.05, 3.63) is 56.2 Å². The van der Waals surface area contributed by atoms with Crippen LogP contribution in [0.1, 0.15) is 16.1 Å². The summed E-state index contributed by atoms with van der Waals surface area (Å²) in [5, 5.41) is 22.8. The minimum absolute atomic E-state index is 0.110. The van der Waals surface area contributed by atoms with Gasteiger partial charge in [0.1, 0.15) is 0 Å². The van der Waals surface area contributed by atoms with Crippen molar-refractivity contribution in [1.29, 1.82) is 0 Å². The lowest BCUT2D eigenvalue weighted by atomic mass is 10.2. The molecule has 2 rings (SSSR count). The van der Waals surface area contributed by atoms with E-state index in [1.807, 2.05) is 13.0 Å². The van der Waals surface area contributed by atoms with Crippen LogP contribution in [0.2, 0.25) is 0 Å². The second kappa shape index (κ2) is 5.88. The third kappa shape index (κ3) is 3.16. The highest BCUT2D eigenvalue weighted by molar-refractivity contribution is 9.10. The van der Waals surface area contributed by atoms with Crippen LogP contribution in [0.25, 0.3) is 0 Å². The smallest absolute Gasteiger partial charge is 0.354 e. The summed E-state index contributed by atoms with van der Waals surface area (Å²) in [6.45, 7) is 1.82. The first-order chi connectivity index (χ1) is 9.90. The minimum Gasteiger partial charge on any atom is -0.477 e. The molecule has 2 N–H and O–H groups in total. The molecule has 0 saturated carbocycles. The fraction of sp³-hybridized carbons (Fsp3) is 0.0769. The molecule has 1 heterocycles. The van der Waals surface area contributed by atoms with Crippen LogP contribution in [0, 0.1) is 17.0 Å². The Labute approximate surface area is 127 Å². The first-order valence-corrected chi connectivity index (χ1v) is 6.60. The first-order valence-electron chi connectivity index (χ1n) is 5.81. The number of aromatic nitrogens is 1. The van der Waals surface area contributed by atoms with E-state index < -0.39 is 10.9 Å². The number of rotatable bonds is 4. The quantitative estimate of drug-likeness (QED) is 0.644. The molecule has 0 spiro atoms. The summed E-state index contributed by atoms with van der Waals surface area (Å²) < 4.78 is 0.824. The highest BCUT2D eigenvalue weighted by atomic mass is 79.9. The molecule has 0 aliphatic heterocycles. The Morgan fingerprint density at radius 3 is 2.71 bits per heavy atom. The second-order valence-electron chi connectivity index (χ2n) is 4.16. The topological polar surface area (TPSA) is 105 Å². The predicted octanol–water partition coefficient (Wildman–Crippen LogP) is 3.50. The Morgan fingerprint density at radius 1 is 1.38 bits per heavy atom. The summed E-state index contributed by atoms with van der Waals surface area (Å²) in [4.78, 5) is 25.1. The largest absolute Gasteiger partial charge is 0.477 e. The lowest BCUT2D eigenvalue weighted by molar-refractivity contribution is -0.384. The lowest BCUT2D eigenvalue weighted by Gasteiger charge is -2.10. The molecular weight excluding hydrogens is 342 g/mol. The molecule has 0 saturated heterocycles. The fourth-order valence-electron chi connectivity index (χ4n) is 1.68. The minimum atomic E-state index is -1.25. The average Bonchev–Trinajstić information content (AvgIpc) is 2.43. The number of carbonyl (C=O) groups is 1. The summed E-state index contributed by atoms with van der Waals surface area (Å²) in [7, 11) is 0. The SMILES string of the molecule is Cc1c(Br)cccc1Nc1nc(C(=O)O)ccc1[N+](=O)[O-]. The van der Waals surface area contributed by atoms with Crippen molar-refractivity contribution in [3.8, 4) is 0 Å². The molecule has 0 amide bonds. The van der Waals surface area contributed by atoms with Gasteiger partial charge in [0.25, 0.3) is 0 Å². The van der Waals surface area contributed by atoms with Crippen LogP contribution in [0.5, 0.6) is 0 Å². The van der Waals surface area contributed by atoms with Crippen molar-refractivity contribution >= 4 is 39.1 Å². The van der Waals surface area contributed by atoms with E-state index >= 15 is 0 Å². The van der Waals surface area contributed by atoms with Crippen LogP contribution >= 0.6 is 15.9 Å². The van der Waals surface area contributed by atoms with E-state index in [2.05, 4.69) is 26.2 Å². The zero-order chi connectivity index (χ0) is 15.6. The van der Waals surface area contributed by atoms with Gasteiger partial charge in [-0.05, 0) is 30.7 Å². The van der Waals surface area contributed by atoms with Crippen LogP contribution in [0.4, 0.5) is 17.2 Å². The van der Waals surface area contributed by atoms with E-state index in [0.717, 1.165) is 22.2 Å². The number of pyridine rings is 1. The van der Waals surface area contributed by atoms with Gasteiger partial charge in [0.05, 0.1) is 4.92 Å². The summed E-state index contributed by atoms with van der Waals surface area (Å²) in [5.41, 5.74) is 0.868. The first kappa shape index (κ1) is 14.9. The van der Waals surface area contributed by atoms with Crippen molar-refractivity contribution in [2.45, 2.75) is 6.92 Å². The van der Waals surface area contributed by atoms with E-state index in [9.17, 15) is 14.9 Å². The average molecular weight is 352 g/mol. The molecule has 21 heavy (non-hydrogen) atoms. The van der Waals surface area contributed by atoms with Crippen molar-refractivity contribution in [2.75, 3.05) is 5.32 Å². The number of anilines is 2. The Morgan fingerprint density at radius 2 is 2.10 bits per heavy atom. The maximum Gasteiger partial charge on any atom is 0.354 e. The molecule has 2 aromatic rings. The third-order valence-electron chi connectivity index (χ3n) is 2.81. The molecule has 0 aliphatic rings. The van der Waals surface area contributed by atoms with Gasteiger partial charge in [0.2, 0.25) is 5.82 Å². The summed E-state index contributed by atoms with van der Waals surface area (Å²) in [6, 6.07) is 7.52. The van der Waals surface area contributed by atoms with Crippen LogP contribution in [-0.4, -0.2) is 21.0 Å². The van der Waals surface area contributed by atoms with Crippen molar-refractivity contribution in [1.82, 2.24) is 4.98 Å². The van der Waals surface area contributed by atoms with Crippen LogP contribution in [-0.2, 0) is 0 Å². The van der Waals surface area contributed by atoms with Gasteiger partial charge in [-0.25, -0.2) is 9.78 Å². The molecule has 1 aromatic heterocycles. The van der Waals surface area contributed by atoms with E-state index in [-0.39, 0.29) is 17.2 Å². The standard InChI is InChI=1S/C13H10BrN3O4/c1-7-8(14)3-2-4-9(7)15-12-11(17(20)21)6-5-10(16-12)13(18)19/h2-6H,1H3,(H,15,16)(H,18,19). The fourth-order valence-corrected chi connectivity index (χ4v) is 2.05. The van der Waals surface area contributed by atoms with Crippen LogP contribution in [0.15, 0.2) is 34.8 Å². The van der Waals surface area contributed by atoms with E-state index in [1.54, 1.807) is 12.1 Å². The molecule has 0 aliphatic carbocycles. The van der Waals surface area contributed by atoms with Gasteiger partial charge in [0, 0.05) is 16.2 Å². The Bertz CT molecular complexity index is 733. The molecule has 0 atom stereocenters. The van der Waals surface area contributed by atoms with Crippen molar-refractivity contribution in [3.63, 3.8) is 0 Å². The van der Waals surface area contributed by atoms with Crippen molar-refractivity contribution in [2.24, 2.45) is 0 Å². The van der Waals surface area contributed by atoms with Gasteiger partial charge in [0.15, 0.2) is 5.69 Å². The number of benzene rings is 1. The number of nitrogens with one attached hydrogen (secondary N) is 1. The van der Waals surface area contributed by atoms with E-state index in [1.165, 1.54) is 0 Å². The van der Waals surface area contributed by atoms with Crippen LogP contribution < -0.4 is 5.32 Å². The number of nitrogens with zero attached hydrogens (tertiary/aromatic N) is 2. The number of carboxylic acids is 1. The number of halogens is 1. The second-order valence-corrected chi connectivity index (χ2v) is 5.02. The van der Waals surface area contributed by atoms with Gasteiger partial charge in [-0.2, -0.15) is 0 Å². The van der Waals surface area contributed by atoms with Crippen molar-refractivity contribution < 1.29 is 14.8 Å². The predicted molar refractivity (Wildman–Crippen MR) is 80.0 cm³/mol. The molecule has 0 fully saturated rings. The van der Waals surface area contributed by atoms with Gasteiger partial charge < -0.3 is 10.4 Å². The molecule has 0 bridgehead atoms. The number of carboxylic acid groups (broad SMARTS) is 1. The maximum absolute atomic E-state index is 11.0. The highest BCUT2D eigenvalue weighted by Crippen LogP contribution is 2.30. The summed E-state index contributed by atoms with van der Waals surface area (Å²) in [5.74, 6) is -1.36. The molecule has 0 unspecified atom stereocenters. The number of aromatic carboxylic acids is 1. The molecular formula is C13H10BrN3O4. The molecule has 1 aromatic carbocycles. The third-order valence-corrected chi connectivity index (χ3v) is 3.67. The zero-order valence-corrected chi connectivity index (χ0v) is 12.4. The van der Waals surface area contributed by atoms with Crippen LogP contribution in [0.3, 0.4) is 0 Å². The normalized spacial score (nSPS) is 10.2. The molecule has 7 nitrogen and oxygen atoms in total. The Balaban J connectivity index is 2.51. The monoisotopic (exact) mass is 351 g/mol. The summed E-state index contributed by atoms with van der Waals surface area (Å²) in [6.07, 6.45) is 0. The van der Waals surface area contributed by atoms with Gasteiger partial charge in [-0.1, -0.05) is 22.0 Å². The summed E-state index contributed by atoms with van der Waals surface area (Å²) >= 11 is 3.36. The van der Waals surface area contributed by atoms with E-state index in [0.29, 0.717) is 5.69 Å². The zero-order valence-electron chi connectivity index (χ0n) is 10.8. The van der Waals surface area contributed by atoms with Gasteiger partial charge in [-0.3, -0.25) is 10.1 Å². The number of nitro groups is 1. The highest BCUT2D eigenvalue weighted by Gasteiger charge is 2.19. The Kier molecular flexibility index (Phi) is 4.18.